The van der Waals surface area contributed by atoms with Crippen LogP contribution >= 0.6 is 24.0 Å². The number of aryl methyl sites for hydroxylation is 1. The number of hydrogen-bond acceptors (Lipinski definition) is 4. The molecule has 0 aliphatic rings. The van der Waals surface area contributed by atoms with E-state index in [-0.39, 0.29) is 29.7 Å². The highest BCUT2D eigenvalue weighted by molar-refractivity contribution is 14.0. The van der Waals surface area contributed by atoms with Gasteiger partial charge in [-0.05, 0) is 31.0 Å². The number of aromatic hydroxyl groups is 1. The molecule has 2 rings (SSSR count). The SMILES string of the molecule is CCNC(=NCc1ccnn1C)NCCc1cccc(OC)c1O.I. The number of rotatable bonds is 7. The van der Waals surface area contributed by atoms with Crippen molar-refractivity contribution in [1.29, 1.82) is 0 Å². The molecule has 0 amide bonds. The topological polar surface area (TPSA) is 83.7 Å². The van der Waals surface area contributed by atoms with Gasteiger partial charge in [-0.25, -0.2) is 4.99 Å². The number of nitrogens with one attached hydrogen (secondary N) is 2. The van der Waals surface area contributed by atoms with Crippen molar-refractivity contribution >= 4 is 29.9 Å². The molecule has 3 N–H and O–H groups in total. The standard InChI is InChI=1S/C17H25N5O2.HI/c1-4-18-17(20-12-14-9-11-21-22(14)2)19-10-8-13-6-5-7-15(24-3)16(13)23;/h5-7,9,11,23H,4,8,10,12H2,1-3H3,(H2,18,19,20);1H. The molecule has 0 saturated carbocycles. The highest BCUT2D eigenvalue weighted by Gasteiger charge is 2.07. The molecule has 1 aromatic heterocycles. The molecule has 1 aromatic carbocycles. The summed E-state index contributed by atoms with van der Waals surface area (Å²) in [5.74, 6) is 1.42. The zero-order valence-electron chi connectivity index (χ0n) is 14.8. The van der Waals surface area contributed by atoms with Crippen molar-refractivity contribution in [3.05, 3.63) is 41.7 Å². The first kappa shape index (κ1) is 21.1. The van der Waals surface area contributed by atoms with Gasteiger partial charge in [0.1, 0.15) is 0 Å². The number of guanidine groups is 1. The maximum absolute atomic E-state index is 10.1. The Kier molecular flexibility index (Phi) is 9.11. The summed E-state index contributed by atoms with van der Waals surface area (Å²) in [4.78, 5) is 4.55. The molecular weight excluding hydrogens is 433 g/mol. The Morgan fingerprint density at radius 2 is 2.12 bits per heavy atom. The van der Waals surface area contributed by atoms with E-state index in [1.54, 1.807) is 24.1 Å². The molecule has 2 aromatic rings. The number of para-hydroxylation sites is 1. The lowest BCUT2D eigenvalue weighted by molar-refractivity contribution is 0.370. The molecule has 0 bridgehead atoms. The predicted octanol–water partition coefficient (Wildman–Crippen LogP) is 2.05. The molecule has 0 saturated heterocycles. The number of phenols is 1. The maximum atomic E-state index is 10.1. The summed E-state index contributed by atoms with van der Waals surface area (Å²) in [6.07, 6.45) is 2.43. The van der Waals surface area contributed by atoms with Gasteiger partial charge >= 0.3 is 0 Å². The molecule has 138 valence electrons. The Hall–Kier alpha value is -1.97. The Bertz CT molecular complexity index is 687. The van der Waals surface area contributed by atoms with E-state index in [4.69, 9.17) is 4.74 Å². The van der Waals surface area contributed by atoms with Crippen LogP contribution in [-0.4, -0.2) is 41.0 Å². The summed E-state index contributed by atoms with van der Waals surface area (Å²) in [6, 6.07) is 7.45. The number of benzene rings is 1. The first-order valence-corrected chi connectivity index (χ1v) is 7.99. The van der Waals surface area contributed by atoms with Gasteiger partial charge in [0.05, 0.1) is 19.3 Å². The molecule has 0 unspecified atom stereocenters. The van der Waals surface area contributed by atoms with Gasteiger partial charge < -0.3 is 20.5 Å². The van der Waals surface area contributed by atoms with Crippen LogP contribution in [0.5, 0.6) is 11.5 Å². The van der Waals surface area contributed by atoms with E-state index in [1.807, 2.05) is 32.2 Å². The van der Waals surface area contributed by atoms with Crippen LogP contribution in [0.1, 0.15) is 18.2 Å². The minimum absolute atomic E-state index is 0. The summed E-state index contributed by atoms with van der Waals surface area (Å²) >= 11 is 0. The van der Waals surface area contributed by atoms with E-state index in [0.29, 0.717) is 25.3 Å². The van der Waals surface area contributed by atoms with Crippen LogP contribution in [-0.2, 0) is 20.0 Å². The second kappa shape index (κ2) is 10.8. The summed E-state index contributed by atoms with van der Waals surface area (Å²) in [5.41, 5.74) is 1.88. The quantitative estimate of drug-likeness (QED) is 0.336. The number of aromatic nitrogens is 2. The number of hydrogen-bond donors (Lipinski definition) is 3. The van der Waals surface area contributed by atoms with Crippen LogP contribution in [0.25, 0.3) is 0 Å². The van der Waals surface area contributed by atoms with Crippen LogP contribution in [0.3, 0.4) is 0 Å². The van der Waals surface area contributed by atoms with Crippen LogP contribution in [0.4, 0.5) is 0 Å². The smallest absolute Gasteiger partial charge is 0.191 e. The van der Waals surface area contributed by atoms with Gasteiger partial charge in [-0.1, -0.05) is 12.1 Å². The summed E-state index contributed by atoms with van der Waals surface area (Å²) < 4.78 is 6.93. The number of phenolic OH excluding ortho intramolecular Hbond substituents is 1. The van der Waals surface area contributed by atoms with Crippen LogP contribution in [0.2, 0.25) is 0 Å². The Balaban J connectivity index is 0.00000312. The first-order valence-electron chi connectivity index (χ1n) is 7.99. The van der Waals surface area contributed by atoms with Gasteiger partial charge in [-0.15, -0.1) is 24.0 Å². The van der Waals surface area contributed by atoms with Crippen LogP contribution < -0.4 is 15.4 Å². The Labute approximate surface area is 165 Å². The van der Waals surface area contributed by atoms with Crippen molar-refractivity contribution in [1.82, 2.24) is 20.4 Å². The van der Waals surface area contributed by atoms with Crippen LogP contribution in [0, 0.1) is 0 Å². The molecule has 1 heterocycles. The lowest BCUT2D eigenvalue weighted by atomic mass is 10.1. The van der Waals surface area contributed by atoms with E-state index >= 15 is 0 Å². The number of nitrogens with zero attached hydrogens (tertiary/aromatic N) is 3. The van der Waals surface area contributed by atoms with Crippen LogP contribution in [0.15, 0.2) is 35.5 Å². The van der Waals surface area contributed by atoms with E-state index in [2.05, 4.69) is 20.7 Å². The lowest BCUT2D eigenvalue weighted by Crippen LogP contribution is -2.38. The minimum atomic E-state index is 0. The highest BCUT2D eigenvalue weighted by Crippen LogP contribution is 2.29. The van der Waals surface area contributed by atoms with Crippen molar-refractivity contribution in [2.45, 2.75) is 19.9 Å². The van der Waals surface area contributed by atoms with Gasteiger partial charge in [-0.2, -0.15) is 5.10 Å². The predicted molar refractivity (Wildman–Crippen MR) is 110 cm³/mol. The second-order valence-electron chi connectivity index (χ2n) is 5.29. The fraction of sp³-hybridized carbons (Fsp3) is 0.412. The van der Waals surface area contributed by atoms with Gasteiger partial charge in [0, 0.05) is 26.3 Å². The number of aliphatic imine (C=N–C) groups is 1. The molecule has 0 aliphatic carbocycles. The van der Waals surface area contributed by atoms with Gasteiger partial charge in [0.2, 0.25) is 0 Å². The van der Waals surface area contributed by atoms with Crippen molar-refractivity contribution in [3.63, 3.8) is 0 Å². The highest BCUT2D eigenvalue weighted by atomic mass is 127. The summed E-state index contributed by atoms with van der Waals surface area (Å²) in [5, 5.41) is 20.7. The van der Waals surface area contributed by atoms with E-state index in [9.17, 15) is 5.11 Å². The summed E-state index contributed by atoms with van der Waals surface area (Å²) in [6.45, 7) is 4.00. The zero-order chi connectivity index (χ0) is 17.4. The Morgan fingerprint density at radius 3 is 2.76 bits per heavy atom. The molecular formula is C17H26IN5O2. The first-order chi connectivity index (χ1) is 11.7. The molecule has 0 atom stereocenters. The molecule has 25 heavy (non-hydrogen) atoms. The van der Waals surface area contributed by atoms with Gasteiger partial charge in [0.15, 0.2) is 17.5 Å². The van der Waals surface area contributed by atoms with Crippen molar-refractivity contribution in [2.75, 3.05) is 20.2 Å². The summed E-state index contributed by atoms with van der Waals surface area (Å²) in [7, 11) is 3.45. The van der Waals surface area contributed by atoms with Crippen molar-refractivity contribution in [3.8, 4) is 11.5 Å². The fourth-order valence-electron chi connectivity index (χ4n) is 2.31. The zero-order valence-corrected chi connectivity index (χ0v) is 17.2. The van der Waals surface area contributed by atoms with E-state index < -0.39 is 0 Å². The molecule has 0 fully saturated rings. The fourth-order valence-corrected chi connectivity index (χ4v) is 2.31. The van der Waals surface area contributed by atoms with Gasteiger partial charge in [0.25, 0.3) is 0 Å². The molecule has 7 nitrogen and oxygen atoms in total. The van der Waals surface area contributed by atoms with Gasteiger partial charge in [-0.3, -0.25) is 4.68 Å². The normalized spacial score (nSPS) is 10.9. The van der Waals surface area contributed by atoms with Crippen molar-refractivity contribution < 1.29 is 9.84 Å². The third-order valence-corrected chi connectivity index (χ3v) is 3.66. The van der Waals surface area contributed by atoms with E-state index in [1.165, 1.54) is 0 Å². The Morgan fingerprint density at radius 1 is 1.32 bits per heavy atom. The molecule has 8 heteroatoms. The average molecular weight is 459 g/mol. The largest absolute Gasteiger partial charge is 0.504 e. The maximum Gasteiger partial charge on any atom is 0.191 e. The lowest BCUT2D eigenvalue weighted by Gasteiger charge is -2.12. The second-order valence-corrected chi connectivity index (χ2v) is 5.29. The van der Waals surface area contributed by atoms with E-state index in [0.717, 1.165) is 23.8 Å². The minimum Gasteiger partial charge on any atom is -0.504 e. The average Bonchev–Trinajstić information content (AvgIpc) is 2.99. The molecule has 0 spiro atoms. The third-order valence-electron chi connectivity index (χ3n) is 3.66. The molecule has 0 aliphatic heterocycles. The van der Waals surface area contributed by atoms with Crippen molar-refractivity contribution in [2.24, 2.45) is 12.0 Å². The monoisotopic (exact) mass is 459 g/mol. The number of methoxy groups -OCH3 is 1. The molecule has 0 radical (unpaired) electrons. The number of ether oxygens (including phenoxy) is 1. The third kappa shape index (κ3) is 6.11. The number of halogens is 1.